The van der Waals surface area contributed by atoms with Crippen molar-refractivity contribution < 1.29 is 9.90 Å². The van der Waals surface area contributed by atoms with Gasteiger partial charge in [0.2, 0.25) is 0 Å². The van der Waals surface area contributed by atoms with Crippen molar-refractivity contribution in [1.29, 1.82) is 0 Å². The number of nitrogens with one attached hydrogen (secondary N) is 1. The zero-order chi connectivity index (χ0) is 20.4. The van der Waals surface area contributed by atoms with Crippen LogP contribution in [0.4, 0.5) is 5.69 Å². The number of carboxylic acids is 1. The van der Waals surface area contributed by atoms with Crippen LogP contribution >= 0.6 is 0 Å². The van der Waals surface area contributed by atoms with Gasteiger partial charge in [0.25, 0.3) is 0 Å². The molecule has 29 heavy (non-hydrogen) atoms. The molecule has 0 bridgehead atoms. The molecule has 148 valence electrons. The lowest BCUT2D eigenvalue weighted by Gasteiger charge is -2.17. The molecule has 0 heterocycles. The molecule has 1 aliphatic carbocycles. The standard InChI is InChI=1S/C26H27NO2/c1-17-4-3-5-18(2)26(17)21-9-13-23-20(16-21)10-14-24(23)27-22-11-6-19(7-12-22)8-15-25(28)29/h3-7,9,11-13,16,24,27H,8,10,14-15H2,1-2H3,(H,28,29). The Morgan fingerprint density at radius 3 is 2.45 bits per heavy atom. The fourth-order valence-corrected chi connectivity index (χ4v) is 4.41. The summed E-state index contributed by atoms with van der Waals surface area (Å²) >= 11 is 0. The van der Waals surface area contributed by atoms with E-state index in [1.165, 1.54) is 33.4 Å². The molecule has 2 N–H and O–H groups in total. The third-order valence-electron chi connectivity index (χ3n) is 5.91. The van der Waals surface area contributed by atoms with Crippen LogP contribution in [0.2, 0.25) is 0 Å². The number of aryl methyl sites for hydroxylation is 4. The quantitative estimate of drug-likeness (QED) is 0.540. The SMILES string of the molecule is Cc1cccc(C)c1-c1ccc2c(c1)CCC2Nc1ccc(CCC(=O)O)cc1. The van der Waals surface area contributed by atoms with Gasteiger partial charge in [0.1, 0.15) is 0 Å². The van der Waals surface area contributed by atoms with E-state index < -0.39 is 5.97 Å². The lowest BCUT2D eigenvalue weighted by atomic mass is 9.93. The Labute approximate surface area is 172 Å². The molecule has 1 aliphatic rings. The Bertz CT molecular complexity index is 1020. The van der Waals surface area contributed by atoms with E-state index in [9.17, 15) is 4.79 Å². The van der Waals surface area contributed by atoms with Gasteiger partial charge in [0, 0.05) is 12.1 Å². The van der Waals surface area contributed by atoms with Crippen molar-refractivity contribution in [2.24, 2.45) is 0 Å². The Morgan fingerprint density at radius 2 is 1.76 bits per heavy atom. The molecule has 3 nitrogen and oxygen atoms in total. The number of benzene rings is 3. The second-order valence-electron chi connectivity index (χ2n) is 8.01. The van der Waals surface area contributed by atoms with Crippen LogP contribution in [0.25, 0.3) is 11.1 Å². The summed E-state index contributed by atoms with van der Waals surface area (Å²) in [7, 11) is 0. The molecule has 4 rings (SSSR count). The summed E-state index contributed by atoms with van der Waals surface area (Å²) in [4.78, 5) is 10.7. The van der Waals surface area contributed by atoms with Crippen molar-refractivity contribution in [2.75, 3.05) is 5.32 Å². The van der Waals surface area contributed by atoms with Crippen LogP contribution in [0.5, 0.6) is 0 Å². The summed E-state index contributed by atoms with van der Waals surface area (Å²) in [6.45, 7) is 4.36. The molecule has 3 heteroatoms. The smallest absolute Gasteiger partial charge is 0.303 e. The van der Waals surface area contributed by atoms with E-state index in [0.717, 1.165) is 24.1 Å². The van der Waals surface area contributed by atoms with Gasteiger partial charge >= 0.3 is 5.97 Å². The van der Waals surface area contributed by atoms with Crippen LogP contribution in [0.15, 0.2) is 60.7 Å². The topological polar surface area (TPSA) is 49.3 Å². The van der Waals surface area contributed by atoms with Crippen molar-refractivity contribution in [3.05, 3.63) is 88.5 Å². The van der Waals surface area contributed by atoms with Crippen molar-refractivity contribution in [1.82, 2.24) is 0 Å². The molecule has 3 aromatic rings. The Hall–Kier alpha value is -3.07. The maximum Gasteiger partial charge on any atom is 0.303 e. The zero-order valence-electron chi connectivity index (χ0n) is 17.0. The summed E-state index contributed by atoms with van der Waals surface area (Å²) in [5.41, 5.74) is 10.3. The maximum atomic E-state index is 10.7. The second kappa shape index (κ2) is 8.12. The van der Waals surface area contributed by atoms with Gasteiger partial charge < -0.3 is 10.4 Å². The maximum absolute atomic E-state index is 10.7. The minimum atomic E-state index is -0.755. The molecule has 0 aliphatic heterocycles. The predicted octanol–water partition coefficient (Wildman–Crippen LogP) is 6.09. The monoisotopic (exact) mass is 385 g/mol. The summed E-state index contributed by atoms with van der Waals surface area (Å²) in [6, 6.07) is 21.8. The number of fused-ring (bicyclic) bond motifs is 1. The average molecular weight is 386 g/mol. The van der Waals surface area contributed by atoms with Crippen LogP contribution in [0.1, 0.15) is 46.7 Å². The second-order valence-corrected chi connectivity index (χ2v) is 8.01. The summed E-state index contributed by atoms with van der Waals surface area (Å²) in [6.07, 6.45) is 2.92. The van der Waals surface area contributed by atoms with E-state index in [-0.39, 0.29) is 6.42 Å². The average Bonchev–Trinajstić information content (AvgIpc) is 3.09. The lowest BCUT2D eigenvalue weighted by Crippen LogP contribution is -2.07. The highest BCUT2D eigenvalue weighted by atomic mass is 16.4. The molecule has 0 saturated heterocycles. The van der Waals surface area contributed by atoms with Gasteiger partial charge in [-0.1, -0.05) is 48.5 Å². The first-order valence-corrected chi connectivity index (χ1v) is 10.3. The van der Waals surface area contributed by atoms with E-state index >= 15 is 0 Å². The van der Waals surface area contributed by atoms with E-state index in [1.807, 2.05) is 12.1 Å². The minimum Gasteiger partial charge on any atom is -0.481 e. The van der Waals surface area contributed by atoms with Gasteiger partial charge in [-0.15, -0.1) is 0 Å². The fraction of sp³-hybridized carbons (Fsp3) is 0.269. The van der Waals surface area contributed by atoms with Gasteiger partial charge in [-0.05, 0) is 84.2 Å². The first-order valence-electron chi connectivity index (χ1n) is 10.3. The van der Waals surface area contributed by atoms with Crippen molar-refractivity contribution in [3.8, 4) is 11.1 Å². The van der Waals surface area contributed by atoms with Crippen LogP contribution in [-0.4, -0.2) is 11.1 Å². The molecule has 1 atom stereocenters. The first kappa shape index (κ1) is 19.3. The van der Waals surface area contributed by atoms with Crippen LogP contribution in [0.3, 0.4) is 0 Å². The highest BCUT2D eigenvalue weighted by molar-refractivity contribution is 5.72. The summed E-state index contributed by atoms with van der Waals surface area (Å²) < 4.78 is 0. The molecule has 3 aromatic carbocycles. The number of hydrogen-bond donors (Lipinski definition) is 2. The Balaban J connectivity index is 1.50. The number of aliphatic carboxylic acids is 1. The highest BCUT2D eigenvalue weighted by Gasteiger charge is 2.23. The lowest BCUT2D eigenvalue weighted by molar-refractivity contribution is -0.136. The highest BCUT2D eigenvalue weighted by Crippen LogP contribution is 2.37. The van der Waals surface area contributed by atoms with E-state index in [4.69, 9.17) is 5.11 Å². The van der Waals surface area contributed by atoms with Crippen LogP contribution in [-0.2, 0) is 17.6 Å². The number of carbonyl (C=O) groups is 1. The Morgan fingerprint density at radius 1 is 1.03 bits per heavy atom. The molecule has 1 unspecified atom stereocenters. The van der Waals surface area contributed by atoms with Gasteiger partial charge in [-0.2, -0.15) is 0 Å². The number of carboxylic acid groups (broad SMARTS) is 1. The van der Waals surface area contributed by atoms with Crippen molar-refractivity contribution in [2.45, 2.75) is 45.6 Å². The van der Waals surface area contributed by atoms with Crippen molar-refractivity contribution >= 4 is 11.7 Å². The van der Waals surface area contributed by atoms with E-state index in [2.05, 4.69) is 67.7 Å². The first-order chi connectivity index (χ1) is 14.0. The molecular formula is C26H27NO2. The van der Waals surface area contributed by atoms with Crippen LogP contribution in [0, 0.1) is 13.8 Å². The predicted molar refractivity (Wildman–Crippen MR) is 118 cm³/mol. The third kappa shape index (κ3) is 4.19. The van der Waals surface area contributed by atoms with E-state index in [0.29, 0.717) is 12.5 Å². The molecule has 0 aromatic heterocycles. The molecule has 0 fully saturated rings. The molecular weight excluding hydrogens is 358 g/mol. The zero-order valence-corrected chi connectivity index (χ0v) is 17.0. The van der Waals surface area contributed by atoms with Gasteiger partial charge in [-0.25, -0.2) is 0 Å². The van der Waals surface area contributed by atoms with Crippen LogP contribution < -0.4 is 5.32 Å². The largest absolute Gasteiger partial charge is 0.481 e. The molecule has 0 radical (unpaired) electrons. The normalized spacial score (nSPS) is 15.2. The van der Waals surface area contributed by atoms with Crippen molar-refractivity contribution in [3.63, 3.8) is 0 Å². The molecule has 0 saturated carbocycles. The van der Waals surface area contributed by atoms with Gasteiger partial charge in [-0.3, -0.25) is 4.79 Å². The number of anilines is 1. The summed E-state index contributed by atoms with van der Waals surface area (Å²) in [5, 5.41) is 12.5. The van der Waals surface area contributed by atoms with Gasteiger partial charge in [0.15, 0.2) is 0 Å². The third-order valence-corrected chi connectivity index (χ3v) is 5.91. The van der Waals surface area contributed by atoms with Gasteiger partial charge in [0.05, 0.1) is 6.04 Å². The Kier molecular flexibility index (Phi) is 5.39. The molecule has 0 spiro atoms. The van der Waals surface area contributed by atoms with E-state index in [1.54, 1.807) is 0 Å². The molecule has 0 amide bonds. The fourth-order valence-electron chi connectivity index (χ4n) is 4.41. The summed E-state index contributed by atoms with van der Waals surface area (Å²) in [5.74, 6) is -0.755. The number of rotatable bonds is 6. The minimum absolute atomic E-state index is 0.172. The number of hydrogen-bond acceptors (Lipinski definition) is 2.